The van der Waals surface area contributed by atoms with E-state index in [2.05, 4.69) is 10.4 Å². The van der Waals surface area contributed by atoms with Crippen LogP contribution >= 0.6 is 0 Å². The molecule has 5 nitrogen and oxygen atoms in total. The molecule has 0 bridgehead atoms. The van der Waals surface area contributed by atoms with Crippen LogP contribution in [-0.2, 0) is 0 Å². The lowest BCUT2D eigenvalue weighted by atomic mass is 10.1. The summed E-state index contributed by atoms with van der Waals surface area (Å²) in [6, 6.07) is 3.53. The molecule has 0 aromatic carbocycles. The molecule has 14 heavy (non-hydrogen) atoms. The average molecular weight is 191 g/mol. The Morgan fingerprint density at radius 2 is 2.36 bits per heavy atom. The van der Waals surface area contributed by atoms with Crippen LogP contribution in [0.1, 0.15) is 10.4 Å². The van der Waals surface area contributed by atoms with Gasteiger partial charge in [0, 0.05) is 18.0 Å². The van der Waals surface area contributed by atoms with Gasteiger partial charge in [0.05, 0.1) is 11.8 Å². The number of carbonyl (C=O) groups excluding carboxylic acids is 1. The number of carbonyl (C=O) groups is 1. The second-order valence-corrected chi connectivity index (χ2v) is 2.73. The third-order valence-corrected chi connectivity index (χ3v) is 1.91. The number of H-pyrrole nitrogens is 1. The number of furan rings is 1. The topological polar surface area (TPSA) is 84.0 Å². The SMILES string of the molecule is NNC(=O)c1c[nH]cc1-c1ccco1. The van der Waals surface area contributed by atoms with Gasteiger partial charge in [-0.15, -0.1) is 0 Å². The Morgan fingerprint density at radius 3 is 3.00 bits per heavy atom. The molecule has 0 spiro atoms. The molecule has 0 saturated carbocycles. The molecule has 5 heteroatoms. The van der Waals surface area contributed by atoms with Crippen LogP contribution in [0.25, 0.3) is 11.3 Å². The van der Waals surface area contributed by atoms with Gasteiger partial charge in [-0.3, -0.25) is 10.2 Å². The molecule has 2 aromatic heterocycles. The van der Waals surface area contributed by atoms with Crippen LogP contribution in [-0.4, -0.2) is 10.9 Å². The highest BCUT2D eigenvalue weighted by atomic mass is 16.3. The minimum atomic E-state index is -0.349. The van der Waals surface area contributed by atoms with E-state index in [1.54, 1.807) is 30.8 Å². The molecule has 0 aliphatic heterocycles. The third-order valence-electron chi connectivity index (χ3n) is 1.91. The molecule has 1 amide bonds. The standard InChI is InChI=1S/C9H9N3O2/c10-12-9(13)7-5-11-4-6(7)8-2-1-3-14-8/h1-5,11H,10H2,(H,12,13). The van der Waals surface area contributed by atoms with Gasteiger partial charge >= 0.3 is 0 Å². The molecule has 0 saturated heterocycles. The molecule has 2 heterocycles. The van der Waals surface area contributed by atoms with Crippen molar-refractivity contribution in [3.05, 3.63) is 36.4 Å². The van der Waals surface area contributed by atoms with Crippen LogP contribution in [0.15, 0.2) is 35.2 Å². The second-order valence-electron chi connectivity index (χ2n) is 2.73. The Balaban J connectivity index is 2.45. The number of aromatic nitrogens is 1. The molecule has 72 valence electrons. The zero-order valence-electron chi connectivity index (χ0n) is 7.28. The number of hydrogen-bond acceptors (Lipinski definition) is 3. The van der Waals surface area contributed by atoms with Gasteiger partial charge in [0.1, 0.15) is 5.76 Å². The Hall–Kier alpha value is -2.01. The normalized spacial score (nSPS) is 10.1. The van der Waals surface area contributed by atoms with Crippen LogP contribution in [0.4, 0.5) is 0 Å². The first-order valence-corrected chi connectivity index (χ1v) is 4.04. The third kappa shape index (κ3) is 1.29. The maximum atomic E-state index is 11.3. The Labute approximate surface area is 79.9 Å². The quantitative estimate of drug-likeness (QED) is 0.374. The molecule has 4 N–H and O–H groups in total. The fourth-order valence-electron chi connectivity index (χ4n) is 1.27. The monoisotopic (exact) mass is 191 g/mol. The van der Waals surface area contributed by atoms with Crippen molar-refractivity contribution in [1.82, 2.24) is 10.4 Å². The van der Waals surface area contributed by atoms with E-state index in [0.29, 0.717) is 16.9 Å². The highest BCUT2D eigenvalue weighted by Crippen LogP contribution is 2.23. The Kier molecular flexibility index (Phi) is 2.08. The summed E-state index contributed by atoms with van der Waals surface area (Å²) >= 11 is 0. The summed E-state index contributed by atoms with van der Waals surface area (Å²) in [6.07, 6.45) is 4.80. The van der Waals surface area contributed by atoms with Gasteiger partial charge in [0.2, 0.25) is 0 Å². The van der Waals surface area contributed by atoms with E-state index < -0.39 is 0 Å². The predicted octanol–water partition coefficient (Wildman–Crippen LogP) is 0.878. The molecular formula is C9H9N3O2. The summed E-state index contributed by atoms with van der Waals surface area (Å²) in [7, 11) is 0. The molecule has 0 fully saturated rings. The zero-order chi connectivity index (χ0) is 9.97. The van der Waals surface area contributed by atoms with Gasteiger partial charge in [0.25, 0.3) is 5.91 Å². The smallest absolute Gasteiger partial charge is 0.267 e. The molecule has 2 rings (SSSR count). The highest BCUT2D eigenvalue weighted by Gasteiger charge is 2.14. The van der Waals surface area contributed by atoms with Crippen LogP contribution in [0.2, 0.25) is 0 Å². The van der Waals surface area contributed by atoms with Gasteiger partial charge in [-0.25, -0.2) is 5.84 Å². The number of nitrogens with two attached hydrogens (primary N) is 1. The largest absolute Gasteiger partial charge is 0.464 e. The Bertz CT molecular complexity index is 431. The average Bonchev–Trinajstić information content (AvgIpc) is 2.85. The zero-order valence-corrected chi connectivity index (χ0v) is 7.28. The van der Waals surface area contributed by atoms with Crippen LogP contribution in [0.5, 0.6) is 0 Å². The first-order chi connectivity index (χ1) is 6.83. The van der Waals surface area contributed by atoms with Gasteiger partial charge < -0.3 is 9.40 Å². The number of hydrazine groups is 1. The van der Waals surface area contributed by atoms with Crippen molar-refractivity contribution >= 4 is 5.91 Å². The fourth-order valence-corrected chi connectivity index (χ4v) is 1.27. The van der Waals surface area contributed by atoms with Crippen molar-refractivity contribution in [3.8, 4) is 11.3 Å². The van der Waals surface area contributed by atoms with E-state index in [1.807, 2.05) is 0 Å². The summed E-state index contributed by atoms with van der Waals surface area (Å²) in [4.78, 5) is 14.1. The first kappa shape index (κ1) is 8.58. The fraction of sp³-hybridized carbons (Fsp3) is 0. The van der Waals surface area contributed by atoms with E-state index in [1.165, 1.54) is 0 Å². The first-order valence-electron chi connectivity index (χ1n) is 4.04. The van der Waals surface area contributed by atoms with Crippen molar-refractivity contribution < 1.29 is 9.21 Å². The summed E-state index contributed by atoms with van der Waals surface area (Å²) in [5, 5.41) is 0. The lowest BCUT2D eigenvalue weighted by Gasteiger charge is -1.98. The van der Waals surface area contributed by atoms with Crippen molar-refractivity contribution in [2.24, 2.45) is 5.84 Å². The maximum Gasteiger partial charge on any atom is 0.267 e. The summed E-state index contributed by atoms with van der Waals surface area (Å²) in [6.45, 7) is 0. The van der Waals surface area contributed by atoms with Gasteiger partial charge in [0.15, 0.2) is 0 Å². The van der Waals surface area contributed by atoms with Crippen molar-refractivity contribution in [2.45, 2.75) is 0 Å². The summed E-state index contributed by atoms with van der Waals surface area (Å²) < 4.78 is 5.17. The highest BCUT2D eigenvalue weighted by molar-refractivity contribution is 5.99. The maximum absolute atomic E-state index is 11.3. The molecular weight excluding hydrogens is 182 g/mol. The van der Waals surface area contributed by atoms with Crippen molar-refractivity contribution in [3.63, 3.8) is 0 Å². The molecule has 0 unspecified atom stereocenters. The summed E-state index contributed by atoms with van der Waals surface area (Å²) in [5.41, 5.74) is 3.22. The van der Waals surface area contributed by atoms with Gasteiger partial charge in [-0.1, -0.05) is 0 Å². The van der Waals surface area contributed by atoms with Crippen molar-refractivity contribution in [2.75, 3.05) is 0 Å². The van der Waals surface area contributed by atoms with Crippen LogP contribution in [0.3, 0.4) is 0 Å². The number of nitrogen functional groups attached to an aromatic ring is 1. The second kappa shape index (κ2) is 3.39. The lowest BCUT2D eigenvalue weighted by molar-refractivity contribution is 0.0954. The number of rotatable bonds is 2. The van der Waals surface area contributed by atoms with Gasteiger partial charge in [-0.2, -0.15) is 0 Å². The summed E-state index contributed by atoms with van der Waals surface area (Å²) in [5.74, 6) is 5.32. The number of aromatic amines is 1. The molecule has 0 radical (unpaired) electrons. The van der Waals surface area contributed by atoms with E-state index in [0.717, 1.165) is 0 Å². The van der Waals surface area contributed by atoms with E-state index in [4.69, 9.17) is 10.3 Å². The lowest BCUT2D eigenvalue weighted by Crippen LogP contribution is -2.29. The number of amides is 1. The molecule has 0 atom stereocenters. The minimum absolute atomic E-state index is 0.349. The molecule has 2 aromatic rings. The van der Waals surface area contributed by atoms with Gasteiger partial charge in [-0.05, 0) is 12.1 Å². The van der Waals surface area contributed by atoms with E-state index in [-0.39, 0.29) is 5.91 Å². The van der Waals surface area contributed by atoms with Crippen molar-refractivity contribution in [1.29, 1.82) is 0 Å². The van der Waals surface area contributed by atoms with E-state index >= 15 is 0 Å². The minimum Gasteiger partial charge on any atom is -0.464 e. The Morgan fingerprint density at radius 1 is 1.50 bits per heavy atom. The van der Waals surface area contributed by atoms with Crippen LogP contribution < -0.4 is 11.3 Å². The number of hydrogen-bond donors (Lipinski definition) is 3. The molecule has 0 aliphatic carbocycles. The molecule has 0 aliphatic rings. The van der Waals surface area contributed by atoms with Crippen LogP contribution in [0, 0.1) is 0 Å². The predicted molar refractivity (Wildman–Crippen MR) is 50.1 cm³/mol. The van der Waals surface area contributed by atoms with E-state index in [9.17, 15) is 4.79 Å². The number of nitrogens with one attached hydrogen (secondary N) is 2.